The van der Waals surface area contributed by atoms with E-state index in [2.05, 4.69) is 4.74 Å². The predicted octanol–water partition coefficient (Wildman–Crippen LogP) is 2.97. The normalized spacial score (nSPS) is 10.1. The van der Waals surface area contributed by atoms with Crippen molar-refractivity contribution in [2.45, 2.75) is 6.92 Å². The van der Waals surface area contributed by atoms with E-state index in [1.807, 2.05) is 13.0 Å². The first-order valence-electron chi connectivity index (χ1n) is 6.03. The molecule has 0 aliphatic rings. The smallest absolute Gasteiger partial charge is 0.341 e. The van der Waals surface area contributed by atoms with Crippen molar-refractivity contribution in [1.82, 2.24) is 0 Å². The van der Waals surface area contributed by atoms with Crippen LogP contribution in [0.2, 0.25) is 0 Å². The number of benzene rings is 2. The molecule has 0 spiro atoms. The maximum Gasteiger partial charge on any atom is 0.341 e. The van der Waals surface area contributed by atoms with E-state index < -0.39 is 5.97 Å². The Balaban J connectivity index is 2.49. The molecule has 0 aliphatic heterocycles. The van der Waals surface area contributed by atoms with Crippen molar-refractivity contribution in [3.8, 4) is 16.9 Å². The molecule has 102 valence electrons. The van der Waals surface area contributed by atoms with Crippen LogP contribution in [0.15, 0.2) is 36.4 Å². The van der Waals surface area contributed by atoms with Gasteiger partial charge in [-0.2, -0.15) is 0 Å². The highest BCUT2D eigenvalue weighted by molar-refractivity contribution is 5.93. The average Bonchev–Trinajstić information content (AvgIpc) is 2.45. The summed E-state index contributed by atoms with van der Waals surface area (Å²) in [5, 5.41) is 9.88. The van der Waals surface area contributed by atoms with Crippen molar-refractivity contribution in [3.63, 3.8) is 0 Å². The standard InChI is InChI=1S/C16H14O4/c1-10-5-11(9-17)7-13(6-10)12-3-4-14(15(18)8-12)16(19)20-2/h3-9,18H,1-2H3. The zero-order valence-electron chi connectivity index (χ0n) is 11.2. The first-order valence-corrected chi connectivity index (χ1v) is 6.03. The fourth-order valence-electron chi connectivity index (χ4n) is 2.04. The Bertz CT molecular complexity index is 674. The number of phenols is 1. The van der Waals surface area contributed by atoms with E-state index >= 15 is 0 Å². The first kappa shape index (κ1) is 13.8. The lowest BCUT2D eigenvalue weighted by Crippen LogP contribution is -2.01. The topological polar surface area (TPSA) is 63.6 Å². The number of ether oxygens (including phenoxy) is 1. The number of aldehydes is 1. The lowest BCUT2D eigenvalue weighted by molar-refractivity contribution is 0.0597. The Morgan fingerprint density at radius 2 is 1.90 bits per heavy atom. The van der Waals surface area contributed by atoms with Crippen LogP contribution in [0, 0.1) is 6.92 Å². The summed E-state index contributed by atoms with van der Waals surface area (Å²) in [7, 11) is 1.26. The molecule has 4 heteroatoms. The SMILES string of the molecule is COC(=O)c1ccc(-c2cc(C)cc(C=O)c2)cc1O. The molecule has 0 atom stereocenters. The van der Waals surface area contributed by atoms with Gasteiger partial charge in [-0.05, 0) is 47.9 Å². The molecule has 0 saturated heterocycles. The number of esters is 1. The molecule has 4 nitrogen and oxygen atoms in total. The van der Waals surface area contributed by atoms with Crippen LogP contribution in [0.3, 0.4) is 0 Å². The van der Waals surface area contributed by atoms with E-state index in [4.69, 9.17) is 0 Å². The maximum absolute atomic E-state index is 11.4. The number of phenolic OH excluding ortho intramolecular Hbond substituents is 1. The van der Waals surface area contributed by atoms with Gasteiger partial charge in [0.2, 0.25) is 0 Å². The molecule has 1 N–H and O–H groups in total. The molecule has 0 heterocycles. The molecular weight excluding hydrogens is 256 g/mol. The largest absolute Gasteiger partial charge is 0.507 e. The third-order valence-corrected chi connectivity index (χ3v) is 2.97. The number of rotatable bonds is 3. The highest BCUT2D eigenvalue weighted by Crippen LogP contribution is 2.28. The summed E-state index contributed by atoms with van der Waals surface area (Å²) in [5.41, 5.74) is 3.15. The Kier molecular flexibility index (Phi) is 3.84. The highest BCUT2D eigenvalue weighted by Gasteiger charge is 2.12. The van der Waals surface area contributed by atoms with Crippen molar-refractivity contribution >= 4 is 12.3 Å². The minimum absolute atomic E-state index is 0.111. The van der Waals surface area contributed by atoms with Gasteiger partial charge in [-0.3, -0.25) is 4.79 Å². The van der Waals surface area contributed by atoms with Crippen LogP contribution in [0.1, 0.15) is 26.3 Å². The number of carbonyl (C=O) groups is 2. The lowest BCUT2D eigenvalue weighted by Gasteiger charge is -2.08. The molecule has 0 saturated carbocycles. The molecule has 0 aromatic heterocycles. The lowest BCUT2D eigenvalue weighted by atomic mass is 9.99. The molecule has 0 bridgehead atoms. The summed E-state index contributed by atoms with van der Waals surface area (Å²) in [5.74, 6) is -0.740. The molecule has 0 amide bonds. The van der Waals surface area contributed by atoms with E-state index in [0.717, 1.165) is 23.0 Å². The minimum Gasteiger partial charge on any atom is -0.507 e. The summed E-state index contributed by atoms with van der Waals surface area (Å²) in [6.45, 7) is 1.89. The third-order valence-electron chi connectivity index (χ3n) is 2.97. The van der Waals surface area contributed by atoms with Gasteiger partial charge in [-0.1, -0.05) is 12.1 Å². The van der Waals surface area contributed by atoms with Crippen LogP contribution in [0.5, 0.6) is 5.75 Å². The van der Waals surface area contributed by atoms with Crippen LogP contribution in [-0.4, -0.2) is 24.5 Å². The number of hydrogen-bond acceptors (Lipinski definition) is 4. The van der Waals surface area contributed by atoms with Crippen LogP contribution < -0.4 is 0 Å². The van der Waals surface area contributed by atoms with Gasteiger partial charge in [0.1, 0.15) is 17.6 Å². The number of hydrogen-bond donors (Lipinski definition) is 1. The molecule has 0 radical (unpaired) electrons. The van der Waals surface area contributed by atoms with Crippen LogP contribution >= 0.6 is 0 Å². The van der Waals surface area contributed by atoms with Crippen LogP contribution in [0.4, 0.5) is 0 Å². The van der Waals surface area contributed by atoms with Gasteiger partial charge >= 0.3 is 5.97 Å². The molecule has 20 heavy (non-hydrogen) atoms. The summed E-state index contributed by atoms with van der Waals surface area (Å²) < 4.78 is 4.57. The fraction of sp³-hybridized carbons (Fsp3) is 0.125. The van der Waals surface area contributed by atoms with Crippen LogP contribution in [-0.2, 0) is 4.74 Å². The van der Waals surface area contributed by atoms with Crippen molar-refractivity contribution in [3.05, 3.63) is 53.1 Å². The van der Waals surface area contributed by atoms with E-state index in [1.54, 1.807) is 18.2 Å². The monoisotopic (exact) mass is 270 g/mol. The van der Waals surface area contributed by atoms with Crippen molar-refractivity contribution < 1.29 is 19.4 Å². The molecule has 2 aromatic rings. The first-order chi connectivity index (χ1) is 9.55. The van der Waals surface area contributed by atoms with Gasteiger partial charge in [0.25, 0.3) is 0 Å². The molecule has 0 unspecified atom stereocenters. The molecule has 2 rings (SSSR count). The maximum atomic E-state index is 11.4. The molecule has 2 aromatic carbocycles. The molecular formula is C16H14O4. The highest BCUT2D eigenvalue weighted by atomic mass is 16.5. The Morgan fingerprint density at radius 1 is 1.15 bits per heavy atom. The summed E-state index contributed by atoms with van der Waals surface area (Å²) >= 11 is 0. The van der Waals surface area contributed by atoms with E-state index in [9.17, 15) is 14.7 Å². The van der Waals surface area contributed by atoms with Crippen molar-refractivity contribution in [2.24, 2.45) is 0 Å². The zero-order chi connectivity index (χ0) is 14.7. The molecule has 0 aliphatic carbocycles. The van der Waals surface area contributed by atoms with Gasteiger partial charge in [0.05, 0.1) is 7.11 Å². The van der Waals surface area contributed by atoms with E-state index in [-0.39, 0.29) is 11.3 Å². The number of carbonyl (C=O) groups excluding carboxylic acids is 2. The summed E-state index contributed by atoms with van der Waals surface area (Å²) in [6, 6.07) is 10.1. The molecule has 0 fully saturated rings. The number of aromatic hydroxyl groups is 1. The van der Waals surface area contributed by atoms with Gasteiger partial charge in [-0.25, -0.2) is 4.79 Å². The second kappa shape index (κ2) is 5.57. The van der Waals surface area contributed by atoms with Gasteiger partial charge < -0.3 is 9.84 Å². The van der Waals surface area contributed by atoms with Gasteiger partial charge in [0, 0.05) is 5.56 Å². The van der Waals surface area contributed by atoms with Crippen LogP contribution in [0.25, 0.3) is 11.1 Å². The Morgan fingerprint density at radius 3 is 2.50 bits per heavy atom. The Hall–Kier alpha value is -2.62. The van der Waals surface area contributed by atoms with Gasteiger partial charge in [0.15, 0.2) is 0 Å². The zero-order valence-corrected chi connectivity index (χ0v) is 11.2. The van der Waals surface area contributed by atoms with Crippen molar-refractivity contribution in [2.75, 3.05) is 7.11 Å². The van der Waals surface area contributed by atoms with Crippen molar-refractivity contribution in [1.29, 1.82) is 0 Å². The Labute approximate surface area is 116 Å². The predicted molar refractivity (Wildman–Crippen MR) is 75.0 cm³/mol. The average molecular weight is 270 g/mol. The second-order valence-electron chi connectivity index (χ2n) is 4.47. The second-order valence-corrected chi connectivity index (χ2v) is 4.47. The minimum atomic E-state index is -0.591. The number of methoxy groups -OCH3 is 1. The number of aryl methyl sites for hydroxylation is 1. The van der Waals surface area contributed by atoms with E-state index in [1.165, 1.54) is 19.2 Å². The fourth-order valence-corrected chi connectivity index (χ4v) is 2.04. The van der Waals surface area contributed by atoms with E-state index in [0.29, 0.717) is 5.56 Å². The van der Waals surface area contributed by atoms with Gasteiger partial charge in [-0.15, -0.1) is 0 Å². The third kappa shape index (κ3) is 2.69. The summed E-state index contributed by atoms with van der Waals surface area (Å²) in [6.07, 6.45) is 0.777. The quantitative estimate of drug-likeness (QED) is 0.688. The summed E-state index contributed by atoms with van der Waals surface area (Å²) in [4.78, 5) is 22.3.